The minimum absolute atomic E-state index is 0.243. The second-order valence-electron chi connectivity index (χ2n) is 9.18. The number of piperidine rings is 1. The quantitative estimate of drug-likeness (QED) is 0.534. The lowest BCUT2D eigenvalue weighted by Crippen LogP contribution is -2.45. The lowest BCUT2D eigenvalue weighted by atomic mass is 9.98. The molecule has 0 saturated carbocycles. The molecule has 3 aromatic rings. The van der Waals surface area contributed by atoms with Gasteiger partial charge in [0, 0.05) is 18.8 Å². The molecule has 1 unspecified atom stereocenters. The van der Waals surface area contributed by atoms with Crippen molar-refractivity contribution in [3.05, 3.63) is 90.0 Å². The summed E-state index contributed by atoms with van der Waals surface area (Å²) in [6.07, 6.45) is 2.99. The maximum absolute atomic E-state index is 13.4. The van der Waals surface area contributed by atoms with Crippen LogP contribution in [0.3, 0.4) is 0 Å². The number of aryl methyl sites for hydroxylation is 2. The first kappa shape index (κ1) is 23.6. The fraction of sp³-hybridized carbons (Fsp3) is 0.276. The largest absolute Gasteiger partial charge is 0.455 e. The molecule has 3 amide bonds. The summed E-state index contributed by atoms with van der Waals surface area (Å²) in [6.45, 7) is 0.484. The smallest absolute Gasteiger partial charge is 0.321 e. The van der Waals surface area contributed by atoms with Crippen LogP contribution in [-0.2, 0) is 27.2 Å². The standard InChI is InChI=1S/C29H29N3O4/c33-27(32-25-14-6-4-9-21(25)16-17-22-10-5-7-15-26(22)32)20-36-28(34)23-11-8-18-31(19-23)29(35)30-24-12-2-1-3-13-24/h1-7,9-10,12-15,23H,8,11,16-20H2,(H,30,35). The van der Waals surface area contributed by atoms with Crippen LogP contribution in [0.15, 0.2) is 78.9 Å². The van der Waals surface area contributed by atoms with Crippen molar-refractivity contribution >= 4 is 35.0 Å². The van der Waals surface area contributed by atoms with Gasteiger partial charge in [-0.15, -0.1) is 0 Å². The van der Waals surface area contributed by atoms with E-state index in [-0.39, 0.29) is 25.1 Å². The van der Waals surface area contributed by atoms with Gasteiger partial charge in [-0.2, -0.15) is 0 Å². The summed E-state index contributed by atoms with van der Waals surface area (Å²) < 4.78 is 5.53. The van der Waals surface area contributed by atoms with Crippen molar-refractivity contribution in [3.8, 4) is 0 Å². The third-order valence-corrected chi connectivity index (χ3v) is 6.78. The van der Waals surface area contributed by atoms with Gasteiger partial charge in [0.25, 0.3) is 5.91 Å². The molecule has 5 rings (SSSR count). The molecule has 0 bridgehead atoms. The van der Waals surface area contributed by atoms with Gasteiger partial charge in [-0.05, 0) is 61.1 Å². The highest BCUT2D eigenvalue weighted by molar-refractivity contribution is 6.03. The Balaban J connectivity index is 1.24. The molecule has 2 aliphatic heterocycles. The van der Waals surface area contributed by atoms with Gasteiger partial charge >= 0.3 is 12.0 Å². The number of fused-ring (bicyclic) bond motifs is 2. The van der Waals surface area contributed by atoms with Gasteiger partial charge in [0.1, 0.15) is 0 Å². The average Bonchev–Trinajstić information content (AvgIpc) is 3.09. The number of anilines is 3. The molecule has 0 spiro atoms. The molecule has 36 heavy (non-hydrogen) atoms. The first-order valence-corrected chi connectivity index (χ1v) is 12.4. The van der Waals surface area contributed by atoms with Crippen LogP contribution in [-0.4, -0.2) is 42.5 Å². The summed E-state index contributed by atoms with van der Waals surface area (Å²) in [4.78, 5) is 42.3. The number of likely N-dealkylation sites (tertiary alicyclic amines) is 1. The molecule has 184 valence electrons. The molecule has 0 aromatic heterocycles. The fourth-order valence-electron chi connectivity index (χ4n) is 4.94. The van der Waals surface area contributed by atoms with E-state index in [2.05, 4.69) is 5.32 Å². The normalized spacial score (nSPS) is 16.8. The summed E-state index contributed by atoms with van der Waals surface area (Å²) in [7, 11) is 0. The van der Waals surface area contributed by atoms with Crippen LogP contribution in [0.2, 0.25) is 0 Å². The van der Waals surface area contributed by atoms with Crippen LogP contribution in [0.25, 0.3) is 0 Å². The third kappa shape index (κ3) is 5.10. The van der Waals surface area contributed by atoms with E-state index in [1.54, 1.807) is 9.80 Å². The summed E-state index contributed by atoms with van der Waals surface area (Å²) in [6, 6.07) is 24.7. The number of carbonyl (C=O) groups is 3. The Morgan fingerprint density at radius 2 is 1.44 bits per heavy atom. The molecule has 0 radical (unpaired) electrons. The number of esters is 1. The van der Waals surface area contributed by atoms with E-state index in [1.807, 2.05) is 78.9 Å². The molecule has 1 saturated heterocycles. The maximum atomic E-state index is 13.4. The molecule has 2 heterocycles. The molecule has 7 nitrogen and oxygen atoms in total. The second-order valence-corrected chi connectivity index (χ2v) is 9.18. The van der Waals surface area contributed by atoms with Crippen molar-refractivity contribution in [2.45, 2.75) is 25.7 Å². The number of hydrogen-bond acceptors (Lipinski definition) is 4. The average molecular weight is 484 g/mol. The zero-order valence-electron chi connectivity index (χ0n) is 20.1. The Labute approximate surface area is 210 Å². The Morgan fingerprint density at radius 3 is 2.11 bits per heavy atom. The number of benzene rings is 3. The molecule has 1 atom stereocenters. The van der Waals surface area contributed by atoms with E-state index in [4.69, 9.17) is 4.74 Å². The Bertz CT molecular complexity index is 1210. The van der Waals surface area contributed by atoms with Gasteiger partial charge in [-0.3, -0.25) is 14.5 Å². The number of amides is 3. The van der Waals surface area contributed by atoms with E-state index in [0.717, 1.165) is 35.3 Å². The van der Waals surface area contributed by atoms with Gasteiger partial charge in [-0.1, -0.05) is 54.6 Å². The third-order valence-electron chi connectivity index (χ3n) is 6.78. The van der Waals surface area contributed by atoms with Crippen LogP contribution in [0, 0.1) is 5.92 Å². The maximum Gasteiger partial charge on any atom is 0.321 e. The molecule has 1 N–H and O–H groups in total. The van der Waals surface area contributed by atoms with E-state index in [0.29, 0.717) is 25.1 Å². The lowest BCUT2D eigenvalue weighted by Gasteiger charge is -2.31. The van der Waals surface area contributed by atoms with Gasteiger partial charge in [0.05, 0.1) is 17.3 Å². The summed E-state index contributed by atoms with van der Waals surface area (Å²) in [5, 5.41) is 2.86. The number of hydrogen-bond donors (Lipinski definition) is 1. The van der Waals surface area contributed by atoms with E-state index in [1.165, 1.54) is 0 Å². The number of nitrogens with one attached hydrogen (secondary N) is 1. The fourth-order valence-corrected chi connectivity index (χ4v) is 4.94. The number of nitrogens with zero attached hydrogens (tertiary/aromatic N) is 2. The molecule has 0 aliphatic carbocycles. The molecular weight excluding hydrogens is 454 g/mol. The van der Waals surface area contributed by atoms with Crippen molar-refractivity contribution < 1.29 is 19.1 Å². The van der Waals surface area contributed by atoms with Crippen LogP contribution in [0.4, 0.5) is 21.9 Å². The van der Waals surface area contributed by atoms with Gasteiger partial charge in [0.15, 0.2) is 6.61 Å². The lowest BCUT2D eigenvalue weighted by molar-refractivity contribution is -0.153. The predicted octanol–water partition coefficient (Wildman–Crippen LogP) is 4.94. The summed E-state index contributed by atoms with van der Waals surface area (Å²) in [5.74, 6) is -1.20. The minimum atomic E-state index is -0.461. The van der Waals surface area contributed by atoms with Crippen LogP contribution >= 0.6 is 0 Å². The second kappa shape index (κ2) is 10.6. The highest BCUT2D eigenvalue weighted by Gasteiger charge is 2.31. The highest BCUT2D eigenvalue weighted by atomic mass is 16.5. The molecule has 2 aliphatic rings. The van der Waals surface area contributed by atoms with Crippen molar-refractivity contribution in [1.82, 2.24) is 4.90 Å². The predicted molar refractivity (Wildman–Crippen MR) is 138 cm³/mol. The Kier molecular flexibility index (Phi) is 6.98. The number of para-hydroxylation sites is 3. The zero-order valence-corrected chi connectivity index (χ0v) is 20.1. The molecule has 7 heteroatoms. The van der Waals surface area contributed by atoms with Gasteiger partial charge in [0.2, 0.25) is 0 Å². The Hall–Kier alpha value is -4.13. The molecular formula is C29H29N3O4. The van der Waals surface area contributed by atoms with Gasteiger partial charge < -0.3 is 15.0 Å². The molecule has 3 aromatic carbocycles. The van der Waals surface area contributed by atoms with Crippen molar-refractivity contribution in [1.29, 1.82) is 0 Å². The van der Waals surface area contributed by atoms with Gasteiger partial charge in [-0.25, -0.2) is 4.79 Å². The molecule has 1 fully saturated rings. The number of ether oxygens (including phenoxy) is 1. The summed E-state index contributed by atoms with van der Waals surface area (Å²) in [5.41, 5.74) is 4.52. The van der Waals surface area contributed by atoms with E-state index < -0.39 is 11.9 Å². The van der Waals surface area contributed by atoms with Crippen LogP contribution in [0.5, 0.6) is 0 Å². The van der Waals surface area contributed by atoms with Crippen LogP contribution < -0.4 is 10.2 Å². The zero-order chi connectivity index (χ0) is 24.9. The first-order valence-electron chi connectivity index (χ1n) is 12.4. The van der Waals surface area contributed by atoms with Crippen molar-refractivity contribution in [2.75, 3.05) is 29.9 Å². The van der Waals surface area contributed by atoms with Crippen LogP contribution in [0.1, 0.15) is 24.0 Å². The van der Waals surface area contributed by atoms with E-state index in [9.17, 15) is 14.4 Å². The van der Waals surface area contributed by atoms with Crippen molar-refractivity contribution in [2.24, 2.45) is 5.92 Å². The number of urea groups is 1. The number of carbonyl (C=O) groups excluding carboxylic acids is 3. The Morgan fingerprint density at radius 1 is 0.833 bits per heavy atom. The highest BCUT2D eigenvalue weighted by Crippen LogP contribution is 2.36. The van der Waals surface area contributed by atoms with Crippen molar-refractivity contribution in [3.63, 3.8) is 0 Å². The van der Waals surface area contributed by atoms with E-state index >= 15 is 0 Å². The monoisotopic (exact) mass is 483 g/mol. The topological polar surface area (TPSA) is 79.0 Å². The SMILES string of the molecule is O=C(OCC(=O)N1c2ccccc2CCc2ccccc21)C1CCCN(C(=O)Nc2ccccc2)C1. The minimum Gasteiger partial charge on any atom is -0.455 e. The first-order chi connectivity index (χ1) is 17.6. The summed E-state index contributed by atoms with van der Waals surface area (Å²) >= 11 is 0. The number of rotatable bonds is 4.